The van der Waals surface area contributed by atoms with Crippen LogP contribution in [-0.4, -0.2) is 13.6 Å². The maximum atomic E-state index is 3.21. The molecular formula is C12H25N. The third-order valence-electron chi connectivity index (χ3n) is 3.33. The van der Waals surface area contributed by atoms with E-state index in [2.05, 4.69) is 12.2 Å². The molecule has 0 bridgehead atoms. The molecule has 1 fully saturated rings. The van der Waals surface area contributed by atoms with E-state index in [0.717, 1.165) is 11.8 Å². The van der Waals surface area contributed by atoms with Gasteiger partial charge < -0.3 is 5.32 Å². The molecule has 78 valence electrons. The lowest BCUT2D eigenvalue weighted by molar-refractivity contribution is 0.264. The molecule has 0 aliphatic heterocycles. The van der Waals surface area contributed by atoms with Crippen molar-refractivity contribution in [3.63, 3.8) is 0 Å². The minimum Gasteiger partial charge on any atom is -0.320 e. The summed E-state index contributed by atoms with van der Waals surface area (Å²) < 4.78 is 0. The second kappa shape index (κ2) is 6.42. The van der Waals surface area contributed by atoms with Gasteiger partial charge in [0.25, 0.3) is 0 Å². The molecule has 0 aromatic carbocycles. The van der Waals surface area contributed by atoms with Crippen LogP contribution in [-0.2, 0) is 0 Å². The Morgan fingerprint density at radius 3 is 2.77 bits per heavy atom. The highest BCUT2D eigenvalue weighted by Crippen LogP contribution is 2.31. The van der Waals surface area contributed by atoms with E-state index in [-0.39, 0.29) is 0 Å². The summed E-state index contributed by atoms with van der Waals surface area (Å²) in [6.45, 7) is 3.61. The molecule has 0 aromatic rings. The van der Waals surface area contributed by atoms with E-state index in [4.69, 9.17) is 0 Å². The van der Waals surface area contributed by atoms with Gasteiger partial charge in [-0.1, -0.05) is 39.0 Å². The van der Waals surface area contributed by atoms with Crippen LogP contribution < -0.4 is 5.32 Å². The first-order chi connectivity index (χ1) is 6.33. The fourth-order valence-electron chi connectivity index (χ4n) is 2.56. The number of nitrogens with one attached hydrogen (secondary N) is 1. The fourth-order valence-corrected chi connectivity index (χ4v) is 2.56. The summed E-state index contributed by atoms with van der Waals surface area (Å²) in [5.41, 5.74) is 0. The van der Waals surface area contributed by atoms with Crippen molar-refractivity contribution in [2.75, 3.05) is 13.6 Å². The molecule has 0 amide bonds. The topological polar surface area (TPSA) is 12.0 Å². The van der Waals surface area contributed by atoms with E-state index in [9.17, 15) is 0 Å². The lowest BCUT2D eigenvalue weighted by atomic mass is 9.80. The molecule has 1 rings (SSSR count). The zero-order valence-corrected chi connectivity index (χ0v) is 9.31. The number of hydrogen-bond acceptors (Lipinski definition) is 1. The van der Waals surface area contributed by atoms with Gasteiger partial charge in [0, 0.05) is 0 Å². The van der Waals surface area contributed by atoms with Gasteiger partial charge in [-0.25, -0.2) is 0 Å². The molecule has 0 spiro atoms. The first-order valence-electron chi connectivity index (χ1n) is 5.97. The van der Waals surface area contributed by atoms with Crippen LogP contribution in [0.15, 0.2) is 0 Å². The largest absolute Gasteiger partial charge is 0.320 e. The summed E-state index contributed by atoms with van der Waals surface area (Å²) in [4.78, 5) is 0. The Labute approximate surface area is 83.3 Å². The summed E-state index contributed by atoms with van der Waals surface area (Å²) in [6.07, 6.45) is 10.2. The van der Waals surface area contributed by atoms with Gasteiger partial charge in [-0.15, -0.1) is 0 Å². The Balaban J connectivity index is 2.00. The first-order valence-corrected chi connectivity index (χ1v) is 5.97. The third-order valence-corrected chi connectivity index (χ3v) is 3.33. The maximum Gasteiger partial charge on any atom is -0.00519 e. The van der Waals surface area contributed by atoms with Crippen molar-refractivity contribution in [1.29, 1.82) is 0 Å². The molecule has 1 aliphatic rings. The van der Waals surface area contributed by atoms with Crippen molar-refractivity contribution in [2.45, 2.75) is 51.9 Å². The van der Waals surface area contributed by atoms with Gasteiger partial charge in [0.05, 0.1) is 0 Å². The van der Waals surface area contributed by atoms with Crippen LogP contribution in [0.4, 0.5) is 0 Å². The van der Waals surface area contributed by atoms with Crippen LogP contribution in [0.2, 0.25) is 0 Å². The van der Waals surface area contributed by atoms with Crippen LogP contribution in [0, 0.1) is 11.8 Å². The number of unbranched alkanes of at least 4 members (excludes halogenated alkanes) is 1. The van der Waals surface area contributed by atoms with Crippen LogP contribution >= 0.6 is 0 Å². The number of rotatable bonds is 5. The average molecular weight is 183 g/mol. The monoisotopic (exact) mass is 183 g/mol. The van der Waals surface area contributed by atoms with Gasteiger partial charge in [-0.05, 0) is 38.3 Å². The van der Waals surface area contributed by atoms with Crippen LogP contribution in [0.3, 0.4) is 0 Å². The summed E-state index contributed by atoms with van der Waals surface area (Å²) >= 11 is 0. The van der Waals surface area contributed by atoms with Crippen molar-refractivity contribution in [1.82, 2.24) is 5.32 Å². The molecule has 13 heavy (non-hydrogen) atoms. The third kappa shape index (κ3) is 4.66. The van der Waals surface area contributed by atoms with Crippen LogP contribution in [0.1, 0.15) is 51.9 Å². The van der Waals surface area contributed by atoms with E-state index < -0.39 is 0 Å². The highest BCUT2D eigenvalue weighted by molar-refractivity contribution is 4.70. The van der Waals surface area contributed by atoms with E-state index in [1.54, 1.807) is 0 Å². The average Bonchev–Trinajstić information content (AvgIpc) is 2.13. The van der Waals surface area contributed by atoms with Gasteiger partial charge in [0.1, 0.15) is 0 Å². The van der Waals surface area contributed by atoms with E-state index in [1.165, 1.54) is 51.5 Å². The summed E-state index contributed by atoms with van der Waals surface area (Å²) in [5, 5.41) is 3.21. The smallest absolute Gasteiger partial charge is 0.00519 e. The minimum atomic E-state index is 1.00. The maximum absolute atomic E-state index is 3.21. The molecule has 0 aromatic heterocycles. The van der Waals surface area contributed by atoms with E-state index in [0.29, 0.717) is 0 Å². The Kier molecular flexibility index (Phi) is 5.45. The van der Waals surface area contributed by atoms with Crippen molar-refractivity contribution in [3.8, 4) is 0 Å². The van der Waals surface area contributed by atoms with Gasteiger partial charge in [0.15, 0.2) is 0 Å². The lowest BCUT2D eigenvalue weighted by Gasteiger charge is -2.26. The molecule has 1 saturated carbocycles. The van der Waals surface area contributed by atoms with Crippen molar-refractivity contribution in [2.24, 2.45) is 11.8 Å². The SMILES string of the molecule is CNCCCC[C@H]1CCCC(C)C1. The Bertz CT molecular complexity index is 122. The molecule has 1 N–H and O–H groups in total. The van der Waals surface area contributed by atoms with E-state index in [1.807, 2.05) is 7.05 Å². The van der Waals surface area contributed by atoms with Crippen LogP contribution in [0.25, 0.3) is 0 Å². The first kappa shape index (κ1) is 11.0. The van der Waals surface area contributed by atoms with Gasteiger partial charge in [-0.3, -0.25) is 0 Å². The van der Waals surface area contributed by atoms with Crippen molar-refractivity contribution in [3.05, 3.63) is 0 Å². The molecule has 1 nitrogen and oxygen atoms in total. The highest BCUT2D eigenvalue weighted by atomic mass is 14.8. The summed E-state index contributed by atoms with van der Waals surface area (Å²) in [7, 11) is 2.04. The molecular weight excluding hydrogens is 158 g/mol. The summed E-state index contributed by atoms with van der Waals surface area (Å²) in [5.74, 6) is 2.06. The van der Waals surface area contributed by atoms with Gasteiger partial charge in [-0.2, -0.15) is 0 Å². The Morgan fingerprint density at radius 2 is 2.08 bits per heavy atom. The van der Waals surface area contributed by atoms with Gasteiger partial charge >= 0.3 is 0 Å². The molecule has 1 heteroatoms. The second-order valence-electron chi connectivity index (χ2n) is 4.74. The van der Waals surface area contributed by atoms with E-state index >= 15 is 0 Å². The fraction of sp³-hybridized carbons (Fsp3) is 1.00. The molecule has 0 saturated heterocycles. The Hall–Kier alpha value is -0.0400. The van der Waals surface area contributed by atoms with Crippen LogP contribution in [0.5, 0.6) is 0 Å². The predicted molar refractivity (Wildman–Crippen MR) is 58.9 cm³/mol. The molecule has 1 unspecified atom stereocenters. The highest BCUT2D eigenvalue weighted by Gasteiger charge is 2.17. The zero-order valence-electron chi connectivity index (χ0n) is 9.31. The predicted octanol–water partition coefficient (Wildman–Crippen LogP) is 3.20. The minimum absolute atomic E-state index is 1.00. The second-order valence-corrected chi connectivity index (χ2v) is 4.74. The summed E-state index contributed by atoms with van der Waals surface area (Å²) in [6, 6.07) is 0. The number of hydrogen-bond donors (Lipinski definition) is 1. The molecule has 0 radical (unpaired) electrons. The standard InChI is InChI=1S/C12H25N/c1-11-6-5-8-12(10-11)7-3-4-9-13-2/h11-13H,3-10H2,1-2H3/t11?,12-/m0/s1. The van der Waals surface area contributed by atoms with Gasteiger partial charge in [0.2, 0.25) is 0 Å². The lowest BCUT2D eigenvalue weighted by Crippen LogP contribution is -2.14. The van der Waals surface area contributed by atoms with Crippen molar-refractivity contribution >= 4 is 0 Å². The normalized spacial score (nSPS) is 29.1. The quantitative estimate of drug-likeness (QED) is 0.645. The van der Waals surface area contributed by atoms with Crippen molar-refractivity contribution < 1.29 is 0 Å². The zero-order chi connectivity index (χ0) is 9.52. The Morgan fingerprint density at radius 1 is 1.23 bits per heavy atom. The molecule has 2 atom stereocenters. The molecule has 0 heterocycles. The molecule has 1 aliphatic carbocycles.